The van der Waals surface area contributed by atoms with Gasteiger partial charge in [0.1, 0.15) is 0 Å². The molecule has 0 radical (unpaired) electrons. The van der Waals surface area contributed by atoms with Crippen molar-refractivity contribution in [1.29, 1.82) is 0 Å². The van der Waals surface area contributed by atoms with Crippen molar-refractivity contribution < 1.29 is 4.79 Å². The summed E-state index contributed by atoms with van der Waals surface area (Å²) in [6.07, 6.45) is 0. The zero-order valence-electron chi connectivity index (χ0n) is 21.7. The van der Waals surface area contributed by atoms with Gasteiger partial charge in [-0.05, 0) is 91.4 Å². The first-order valence-electron chi connectivity index (χ1n) is 12.6. The molecular weight excluding hydrogens is 520 g/mol. The summed E-state index contributed by atoms with van der Waals surface area (Å²) in [5, 5.41) is 4.26. The SMILES string of the molecule is Cc1ccccc1-c1ccc(Cn2c(C)c(C)c3cc(C(=O)NC(C)c4cccc(Br)c4)ccc32)cc1. The molecule has 4 aromatic carbocycles. The van der Waals surface area contributed by atoms with E-state index >= 15 is 0 Å². The number of rotatable bonds is 6. The molecule has 0 bridgehead atoms. The minimum absolute atomic E-state index is 0.0639. The zero-order valence-corrected chi connectivity index (χ0v) is 23.3. The highest BCUT2D eigenvalue weighted by atomic mass is 79.9. The largest absolute Gasteiger partial charge is 0.346 e. The van der Waals surface area contributed by atoms with Gasteiger partial charge < -0.3 is 9.88 Å². The number of aryl methyl sites for hydroxylation is 2. The summed E-state index contributed by atoms with van der Waals surface area (Å²) in [5.41, 5.74) is 10.4. The van der Waals surface area contributed by atoms with E-state index in [1.165, 1.54) is 33.5 Å². The lowest BCUT2D eigenvalue weighted by atomic mass is 9.99. The second kappa shape index (κ2) is 10.4. The van der Waals surface area contributed by atoms with Crippen molar-refractivity contribution in [3.05, 3.63) is 129 Å². The molecule has 4 heteroatoms. The number of halogens is 1. The van der Waals surface area contributed by atoms with Gasteiger partial charge in [-0.1, -0.05) is 76.6 Å². The molecule has 5 rings (SSSR count). The molecule has 0 aliphatic rings. The lowest BCUT2D eigenvalue weighted by Crippen LogP contribution is -2.26. The van der Waals surface area contributed by atoms with Crippen LogP contribution in [0, 0.1) is 20.8 Å². The van der Waals surface area contributed by atoms with Gasteiger partial charge in [-0.15, -0.1) is 0 Å². The van der Waals surface area contributed by atoms with Crippen LogP contribution in [-0.2, 0) is 6.54 Å². The summed E-state index contributed by atoms with van der Waals surface area (Å²) >= 11 is 3.51. The van der Waals surface area contributed by atoms with Crippen molar-refractivity contribution in [2.45, 2.75) is 40.3 Å². The maximum absolute atomic E-state index is 13.1. The monoisotopic (exact) mass is 550 g/mol. The van der Waals surface area contributed by atoms with Gasteiger partial charge >= 0.3 is 0 Å². The molecule has 1 amide bonds. The lowest BCUT2D eigenvalue weighted by molar-refractivity contribution is 0.0940. The summed E-state index contributed by atoms with van der Waals surface area (Å²) in [5.74, 6) is -0.0639. The average Bonchev–Trinajstić information content (AvgIpc) is 3.13. The number of hydrogen-bond donors (Lipinski definition) is 1. The van der Waals surface area contributed by atoms with E-state index in [1.807, 2.05) is 43.3 Å². The van der Waals surface area contributed by atoms with Crippen molar-refractivity contribution >= 4 is 32.7 Å². The molecule has 0 fully saturated rings. The summed E-state index contributed by atoms with van der Waals surface area (Å²) in [7, 11) is 0. The molecule has 5 aromatic rings. The molecule has 0 aliphatic heterocycles. The maximum atomic E-state index is 13.1. The molecule has 186 valence electrons. The number of nitrogens with zero attached hydrogens (tertiary/aromatic N) is 1. The Morgan fingerprint density at radius 2 is 1.65 bits per heavy atom. The van der Waals surface area contributed by atoms with Crippen LogP contribution in [0.5, 0.6) is 0 Å². The molecule has 0 aliphatic carbocycles. The molecule has 1 unspecified atom stereocenters. The third-order valence-electron chi connectivity index (χ3n) is 7.35. The summed E-state index contributed by atoms with van der Waals surface area (Å²) in [4.78, 5) is 13.1. The number of carbonyl (C=O) groups is 1. The highest BCUT2D eigenvalue weighted by Crippen LogP contribution is 2.29. The van der Waals surface area contributed by atoms with Crippen LogP contribution < -0.4 is 5.32 Å². The Morgan fingerprint density at radius 3 is 2.38 bits per heavy atom. The first kappa shape index (κ1) is 25.0. The van der Waals surface area contributed by atoms with E-state index < -0.39 is 0 Å². The van der Waals surface area contributed by atoms with Crippen molar-refractivity contribution in [1.82, 2.24) is 9.88 Å². The second-order valence-electron chi connectivity index (χ2n) is 9.79. The van der Waals surface area contributed by atoms with Crippen LogP contribution in [0.1, 0.15) is 51.3 Å². The third-order valence-corrected chi connectivity index (χ3v) is 7.84. The molecule has 1 aromatic heterocycles. The maximum Gasteiger partial charge on any atom is 0.251 e. The highest BCUT2D eigenvalue weighted by molar-refractivity contribution is 9.10. The Balaban J connectivity index is 1.38. The fourth-order valence-electron chi connectivity index (χ4n) is 5.00. The van der Waals surface area contributed by atoms with E-state index in [0.717, 1.165) is 27.5 Å². The van der Waals surface area contributed by atoms with Gasteiger partial charge in [0, 0.05) is 33.2 Å². The van der Waals surface area contributed by atoms with E-state index in [2.05, 4.69) is 101 Å². The van der Waals surface area contributed by atoms with Gasteiger partial charge in [0.05, 0.1) is 6.04 Å². The van der Waals surface area contributed by atoms with Gasteiger partial charge in [-0.25, -0.2) is 0 Å². The Bertz CT molecular complexity index is 1600. The minimum atomic E-state index is -0.0872. The van der Waals surface area contributed by atoms with Gasteiger partial charge in [-0.2, -0.15) is 0 Å². The number of amides is 1. The predicted octanol–water partition coefficient (Wildman–Crippen LogP) is 8.54. The number of fused-ring (bicyclic) bond motifs is 1. The topological polar surface area (TPSA) is 34.0 Å². The van der Waals surface area contributed by atoms with Crippen LogP contribution >= 0.6 is 15.9 Å². The lowest BCUT2D eigenvalue weighted by Gasteiger charge is -2.15. The smallest absolute Gasteiger partial charge is 0.251 e. The number of nitrogens with one attached hydrogen (secondary N) is 1. The summed E-state index contributed by atoms with van der Waals surface area (Å²) in [6.45, 7) is 9.24. The first-order chi connectivity index (χ1) is 17.8. The fourth-order valence-corrected chi connectivity index (χ4v) is 5.42. The van der Waals surface area contributed by atoms with E-state index in [1.54, 1.807) is 0 Å². The molecule has 0 saturated heterocycles. The Labute approximate surface area is 227 Å². The van der Waals surface area contributed by atoms with Crippen LogP contribution in [-0.4, -0.2) is 10.5 Å². The van der Waals surface area contributed by atoms with Crippen molar-refractivity contribution in [3.8, 4) is 11.1 Å². The Hall–Kier alpha value is -3.63. The predicted molar refractivity (Wildman–Crippen MR) is 157 cm³/mol. The van der Waals surface area contributed by atoms with Crippen LogP contribution in [0.4, 0.5) is 0 Å². The van der Waals surface area contributed by atoms with E-state index in [4.69, 9.17) is 0 Å². The van der Waals surface area contributed by atoms with Crippen LogP contribution in [0.3, 0.4) is 0 Å². The molecule has 0 saturated carbocycles. The molecule has 1 heterocycles. The van der Waals surface area contributed by atoms with Crippen LogP contribution in [0.2, 0.25) is 0 Å². The van der Waals surface area contributed by atoms with Crippen molar-refractivity contribution in [2.75, 3.05) is 0 Å². The quantitative estimate of drug-likeness (QED) is 0.226. The van der Waals surface area contributed by atoms with E-state index in [0.29, 0.717) is 5.56 Å². The molecule has 0 spiro atoms. The van der Waals surface area contributed by atoms with Crippen molar-refractivity contribution in [3.63, 3.8) is 0 Å². The molecule has 1 atom stereocenters. The zero-order chi connectivity index (χ0) is 26.1. The normalized spacial score (nSPS) is 12.0. The minimum Gasteiger partial charge on any atom is -0.346 e. The number of carbonyl (C=O) groups excluding carboxylic acids is 1. The fraction of sp³-hybridized carbons (Fsp3) is 0.182. The van der Waals surface area contributed by atoms with Crippen molar-refractivity contribution in [2.24, 2.45) is 0 Å². The molecule has 3 nitrogen and oxygen atoms in total. The highest BCUT2D eigenvalue weighted by Gasteiger charge is 2.16. The number of benzene rings is 4. The summed E-state index contributed by atoms with van der Waals surface area (Å²) in [6, 6.07) is 31.3. The first-order valence-corrected chi connectivity index (χ1v) is 13.4. The van der Waals surface area contributed by atoms with E-state index in [9.17, 15) is 4.79 Å². The average molecular weight is 552 g/mol. The standard InChI is InChI=1S/C33H31BrN2O/c1-21-8-5-6-11-30(21)26-14-12-25(13-15-26)20-36-24(4)22(2)31-19-28(16-17-32(31)36)33(37)35-23(3)27-9-7-10-29(34)18-27/h5-19,23H,20H2,1-4H3,(H,35,37). The number of hydrogen-bond acceptors (Lipinski definition) is 1. The summed E-state index contributed by atoms with van der Waals surface area (Å²) < 4.78 is 3.35. The molecule has 37 heavy (non-hydrogen) atoms. The molecule has 1 N–H and O–H groups in total. The second-order valence-corrected chi connectivity index (χ2v) is 10.7. The Morgan fingerprint density at radius 1 is 0.892 bits per heavy atom. The van der Waals surface area contributed by atoms with Gasteiger partial charge in [0.25, 0.3) is 5.91 Å². The van der Waals surface area contributed by atoms with Crippen LogP contribution in [0.25, 0.3) is 22.0 Å². The third kappa shape index (κ3) is 5.12. The van der Waals surface area contributed by atoms with Crippen LogP contribution in [0.15, 0.2) is 95.5 Å². The van der Waals surface area contributed by atoms with Gasteiger partial charge in [0.15, 0.2) is 0 Å². The van der Waals surface area contributed by atoms with Gasteiger partial charge in [-0.3, -0.25) is 4.79 Å². The van der Waals surface area contributed by atoms with E-state index in [-0.39, 0.29) is 11.9 Å². The number of aromatic nitrogens is 1. The Kier molecular flexibility index (Phi) is 7.03. The molecular formula is C33H31BrN2O. The van der Waals surface area contributed by atoms with Gasteiger partial charge in [0.2, 0.25) is 0 Å².